The summed E-state index contributed by atoms with van der Waals surface area (Å²) in [4.78, 5) is 12.2. The van der Waals surface area contributed by atoms with Crippen LogP contribution >= 0.6 is 0 Å². The van der Waals surface area contributed by atoms with Crippen molar-refractivity contribution in [1.82, 2.24) is 5.32 Å². The molecule has 0 aromatic heterocycles. The molecule has 1 amide bonds. The third-order valence-corrected chi connectivity index (χ3v) is 5.11. The Balaban J connectivity index is 1.97. The van der Waals surface area contributed by atoms with Crippen LogP contribution in [-0.2, 0) is 4.79 Å². The lowest BCUT2D eigenvalue weighted by molar-refractivity contribution is -0.125. The first-order chi connectivity index (χ1) is 8.27. The Morgan fingerprint density at radius 1 is 1.06 bits per heavy atom. The van der Waals surface area contributed by atoms with E-state index in [-0.39, 0.29) is 11.8 Å². The molecule has 0 aromatic rings. The second-order valence-electron chi connectivity index (χ2n) is 6.04. The summed E-state index contributed by atoms with van der Waals surface area (Å²) in [5.74, 6) is 1.84. The van der Waals surface area contributed by atoms with Crippen molar-refractivity contribution in [3.05, 3.63) is 11.3 Å². The first-order valence-electron chi connectivity index (χ1n) is 7.30. The van der Waals surface area contributed by atoms with Crippen molar-refractivity contribution in [3.63, 3.8) is 0 Å². The molecule has 1 saturated carbocycles. The van der Waals surface area contributed by atoms with E-state index in [0.29, 0.717) is 11.8 Å². The fourth-order valence-electron chi connectivity index (χ4n) is 4.13. The second kappa shape index (κ2) is 4.47. The van der Waals surface area contributed by atoms with E-state index >= 15 is 0 Å². The average molecular weight is 233 g/mol. The molecule has 0 spiro atoms. The van der Waals surface area contributed by atoms with Crippen LogP contribution in [0, 0.1) is 17.8 Å². The van der Waals surface area contributed by atoms with Gasteiger partial charge in [-0.3, -0.25) is 4.79 Å². The summed E-state index contributed by atoms with van der Waals surface area (Å²) < 4.78 is 0. The molecular formula is C15H23NO. The quantitative estimate of drug-likeness (QED) is 0.682. The van der Waals surface area contributed by atoms with Crippen LogP contribution < -0.4 is 5.32 Å². The smallest absolute Gasteiger partial charge is 0.227 e. The van der Waals surface area contributed by atoms with Gasteiger partial charge in [-0.25, -0.2) is 0 Å². The zero-order valence-corrected chi connectivity index (χ0v) is 10.8. The fraction of sp³-hybridized carbons (Fsp3) is 0.800. The molecule has 0 saturated heterocycles. The molecule has 3 unspecified atom stereocenters. The Labute approximate surface area is 104 Å². The average Bonchev–Trinajstić information content (AvgIpc) is 2.48. The zero-order chi connectivity index (χ0) is 11.8. The largest absolute Gasteiger partial charge is 0.330 e. The highest BCUT2D eigenvalue weighted by Crippen LogP contribution is 2.45. The lowest BCUT2D eigenvalue weighted by atomic mass is 9.68. The van der Waals surface area contributed by atoms with E-state index in [4.69, 9.17) is 0 Å². The van der Waals surface area contributed by atoms with Gasteiger partial charge >= 0.3 is 0 Å². The van der Waals surface area contributed by atoms with E-state index in [9.17, 15) is 4.79 Å². The molecule has 1 heterocycles. The molecule has 2 aliphatic carbocycles. The molecule has 0 radical (unpaired) electrons. The number of carbonyl (C=O) groups is 1. The van der Waals surface area contributed by atoms with Crippen molar-refractivity contribution in [3.8, 4) is 0 Å². The number of hydrogen-bond acceptors (Lipinski definition) is 1. The molecule has 3 aliphatic rings. The molecule has 1 N–H and O–H groups in total. The van der Waals surface area contributed by atoms with Crippen LogP contribution in [0.4, 0.5) is 0 Å². The van der Waals surface area contributed by atoms with Crippen molar-refractivity contribution in [1.29, 1.82) is 0 Å². The highest BCUT2D eigenvalue weighted by Gasteiger charge is 2.39. The molecule has 1 fully saturated rings. The summed E-state index contributed by atoms with van der Waals surface area (Å²) in [6.45, 7) is 2.14. The summed E-state index contributed by atoms with van der Waals surface area (Å²) in [6, 6.07) is 0. The maximum absolute atomic E-state index is 12.2. The Hall–Kier alpha value is -0.790. The van der Waals surface area contributed by atoms with Crippen LogP contribution in [0.1, 0.15) is 58.3 Å². The van der Waals surface area contributed by atoms with Gasteiger partial charge in [0.15, 0.2) is 0 Å². The van der Waals surface area contributed by atoms with Crippen molar-refractivity contribution >= 4 is 5.91 Å². The SMILES string of the molecule is CC1C(=O)NC2=C(CCCC2)C2CCCCC12. The first-order valence-corrected chi connectivity index (χ1v) is 7.30. The van der Waals surface area contributed by atoms with Crippen LogP contribution in [0.25, 0.3) is 0 Å². The van der Waals surface area contributed by atoms with Crippen molar-refractivity contribution < 1.29 is 4.79 Å². The summed E-state index contributed by atoms with van der Waals surface area (Å²) in [7, 11) is 0. The van der Waals surface area contributed by atoms with E-state index in [0.717, 1.165) is 6.42 Å². The third-order valence-electron chi connectivity index (χ3n) is 5.11. The Bertz CT molecular complexity index is 358. The molecule has 2 heteroatoms. The van der Waals surface area contributed by atoms with E-state index in [2.05, 4.69) is 12.2 Å². The van der Waals surface area contributed by atoms with Crippen molar-refractivity contribution in [2.45, 2.75) is 58.3 Å². The summed E-state index contributed by atoms with van der Waals surface area (Å²) in [5, 5.41) is 3.23. The molecule has 2 nitrogen and oxygen atoms in total. The minimum absolute atomic E-state index is 0.214. The van der Waals surface area contributed by atoms with Crippen LogP contribution in [-0.4, -0.2) is 5.91 Å². The predicted octanol–water partition coefficient (Wildman–Crippen LogP) is 3.39. The maximum atomic E-state index is 12.2. The van der Waals surface area contributed by atoms with Crippen LogP contribution in [0.3, 0.4) is 0 Å². The van der Waals surface area contributed by atoms with E-state index in [1.165, 1.54) is 50.6 Å². The normalized spacial score (nSPS) is 37.9. The van der Waals surface area contributed by atoms with E-state index in [1.807, 2.05) is 0 Å². The zero-order valence-electron chi connectivity index (χ0n) is 10.8. The van der Waals surface area contributed by atoms with Crippen LogP contribution in [0.2, 0.25) is 0 Å². The standard InChI is InChI=1S/C15H23NO/c1-10-11-6-2-3-7-12(11)13-8-4-5-9-14(13)16-15(10)17/h10-12H,2-9H2,1H3,(H,16,17). The van der Waals surface area contributed by atoms with Crippen LogP contribution in [0.15, 0.2) is 11.3 Å². The highest BCUT2D eigenvalue weighted by molar-refractivity contribution is 5.81. The van der Waals surface area contributed by atoms with Gasteiger partial charge in [0.2, 0.25) is 5.91 Å². The van der Waals surface area contributed by atoms with E-state index in [1.54, 1.807) is 5.57 Å². The van der Waals surface area contributed by atoms with Gasteiger partial charge < -0.3 is 5.32 Å². The number of hydrogen-bond donors (Lipinski definition) is 1. The first kappa shape index (κ1) is 11.3. The predicted molar refractivity (Wildman–Crippen MR) is 68.2 cm³/mol. The van der Waals surface area contributed by atoms with Gasteiger partial charge in [-0.05, 0) is 55.9 Å². The lowest BCUT2D eigenvalue weighted by Crippen LogP contribution is -2.33. The Kier molecular flexibility index (Phi) is 2.97. The second-order valence-corrected chi connectivity index (χ2v) is 6.04. The third kappa shape index (κ3) is 1.92. The number of carbonyl (C=O) groups excluding carboxylic acids is 1. The van der Waals surface area contributed by atoms with Crippen LogP contribution in [0.5, 0.6) is 0 Å². The minimum Gasteiger partial charge on any atom is -0.330 e. The number of allylic oxidation sites excluding steroid dienone is 2. The number of amides is 1. The molecule has 0 aromatic carbocycles. The van der Waals surface area contributed by atoms with Gasteiger partial charge in [0.25, 0.3) is 0 Å². The van der Waals surface area contributed by atoms with Gasteiger partial charge in [0, 0.05) is 11.6 Å². The monoisotopic (exact) mass is 233 g/mol. The van der Waals surface area contributed by atoms with Gasteiger partial charge in [-0.15, -0.1) is 0 Å². The summed E-state index contributed by atoms with van der Waals surface area (Å²) >= 11 is 0. The van der Waals surface area contributed by atoms with Gasteiger partial charge in [0.05, 0.1) is 0 Å². The molecule has 3 rings (SSSR count). The molecule has 1 aliphatic heterocycles. The van der Waals surface area contributed by atoms with Gasteiger partial charge in [-0.2, -0.15) is 0 Å². The summed E-state index contributed by atoms with van der Waals surface area (Å²) in [5.41, 5.74) is 2.93. The van der Waals surface area contributed by atoms with E-state index < -0.39 is 0 Å². The fourth-order valence-corrected chi connectivity index (χ4v) is 4.13. The van der Waals surface area contributed by atoms with Crippen molar-refractivity contribution in [2.24, 2.45) is 17.8 Å². The Morgan fingerprint density at radius 3 is 2.71 bits per heavy atom. The molecule has 0 bridgehead atoms. The number of nitrogens with one attached hydrogen (secondary N) is 1. The minimum atomic E-state index is 0.214. The maximum Gasteiger partial charge on any atom is 0.227 e. The molecule has 94 valence electrons. The van der Waals surface area contributed by atoms with Gasteiger partial charge in [-0.1, -0.05) is 19.8 Å². The molecule has 3 atom stereocenters. The van der Waals surface area contributed by atoms with Crippen molar-refractivity contribution in [2.75, 3.05) is 0 Å². The van der Waals surface area contributed by atoms with Gasteiger partial charge in [0.1, 0.15) is 0 Å². The Morgan fingerprint density at radius 2 is 1.82 bits per heavy atom. The number of rotatable bonds is 0. The summed E-state index contributed by atoms with van der Waals surface area (Å²) in [6.07, 6.45) is 10.2. The highest BCUT2D eigenvalue weighted by atomic mass is 16.1. The number of fused-ring (bicyclic) bond motifs is 2. The lowest BCUT2D eigenvalue weighted by Gasteiger charge is -2.35. The topological polar surface area (TPSA) is 29.1 Å². The molecular weight excluding hydrogens is 210 g/mol. The molecule has 17 heavy (non-hydrogen) atoms.